The Bertz CT molecular complexity index is 291. The normalized spacial score (nSPS) is 17.5. The van der Waals surface area contributed by atoms with Gasteiger partial charge in [0.15, 0.2) is 9.84 Å². The lowest BCUT2D eigenvalue weighted by Crippen LogP contribution is -2.35. The minimum absolute atomic E-state index is 0.0511. The van der Waals surface area contributed by atoms with Crippen LogP contribution in [0.2, 0.25) is 0 Å². The van der Waals surface area contributed by atoms with Crippen molar-refractivity contribution in [1.82, 2.24) is 0 Å². The third kappa shape index (κ3) is 4.42. The minimum Gasteiger partial charge on any atom is -0.328 e. The van der Waals surface area contributed by atoms with Gasteiger partial charge in [-0.1, -0.05) is 13.8 Å². The van der Waals surface area contributed by atoms with Gasteiger partial charge >= 0.3 is 0 Å². The predicted molar refractivity (Wildman–Crippen MR) is 70.1 cm³/mol. The molecule has 2 N–H and O–H groups in total. The molecule has 2 unspecified atom stereocenters. The average molecular weight is 249 g/mol. The highest BCUT2D eigenvalue weighted by Crippen LogP contribution is 2.23. The summed E-state index contributed by atoms with van der Waals surface area (Å²) in [4.78, 5) is 0. The summed E-state index contributed by atoms with van der Waals surface area (Å²) in [5.41, 5.74) is 5.88. The summed E-state index contributed by atoms with van der Waals surface area (Å²) >= 11 is 0. The Morgan fingerprint density at radius 1 is 1.12 bits per heavy atom. The van der Waals surface area contributed by atoms with E-state index in [1.165, 1.54) is 0 Å². The van der Waals surface area contributed by atoms with Gasteiger partial charge < -0.3 is 5.73 Å². The van der Waals surface area contributed by atoms with Gasteiger partial charge in [-0.15, -0.1) is 0 Å². The van der Waals surface area contributed by atoms with E-state index in [1.54, 1.807) is 20.8 Å². The van der Waals surface area contributed by atoms with E-state index in [2.05, 4.69) is 13.8 Å². The second-order valence-corrected chi connectivity index (χ2v) is 8.85. The minimum atomic E-state index is -3.02. The number of nitrogens with two attached hydrogens (primary N) is 1. The lowest BCUT2D eigenvalue weighted by Gasteiger charge is -2.26. The van der Waals surface area contributed by atoms with Crippen LogP contribution in [0.25, 0.3) is 0 Å². The lowest BCUT2D eigenvalue weighted by atomic mass is 9.88. The van der Waals surface area contributed by atoms with Crippen molar-refractivity contribution < 1.29 is 8.42 Å². The van der Waals surface area contributed by atoms with Crippen LogP contribution in [0.3, 0.4) is 0 Å². The van der Waals surface area contributed by atoms with Crippen molar-refractivity contribution in [3.8, 4) is 0 Å². The molecule has 0 heterocycles. The molecule has 0 spiro atoms. The third-order valence-corrected chi connectivity index (χ3v) is 5.82. The van der Waals surface area contributed by atoms with E-state index in [0.29, 0.717) is 12.3 Å². The summed E-state index contributed by atoms with van der Waals surface area (Å²) in [6.07, 6.45) is 0.662. The van der Waals surface area contributed by atoms with Gasteiger partial charge in [0.05, 0.1) is 10.5 Å². The van der Waals surface area contributed by atoms with Crippen LogP contribution < -0.4 is 5.73 Å². The highest BCUT2D eigenvalue weighted by atomic mass is 32.2. The quantitative estimate of drug-likeness (QED) is 0.812. The maximum atomic E-state index is 12.0. The third-order valence-electron chi connectivity index (χ3n) is 3.18. The topological polar surface area (TPSA) is 60.2 Å². The van der Waals surface area contributed by atoms with Crippen LogP contribution in [-0.4, -0.2) is 25.0 Å². The van der Waals surface area contributed by atoms with Crippen molar-refractivity contribution in [3.05, 3.63) is 0 Å². The molecule has 2 atom stereocenters. The first-order chi connectivity index (χ1) is 6.99. The zero-order chi connectivity index (χ0) is 13.1. The molecule has 0 bridgehead atoms. The van der Waals surface area contributed by atoms with E-state index in [0.717, 1.165) is 0 Å². The molecule has 0 fully saturated rings. The first-order valence-electron chi connectivity index (χ1n) is 5.97. The Balaban J connectivity index is 4.56. The Morgan fingerprint density at radius 2 is 1.56 bits per heavy atom. The molecule has 0 amide bonds. The van der Waals surface area contributed by atoms with Crippen LogP contribution in [0, 0.1) is 11.8 Å². The zero-order valence-electron chi connectivity index (χ0n) is 11.4. The maximum absolute atomic E-state index is 12.0. The molecule has 0 aromatic rings. The Labute approximate surface area is 101 Å². The first-order valence-corrected chi connectivity index (χ1v) is 7.62. The van der Waals surface area contributed by atoms with E-state index in [-0.39, 0.29) is 17.7 Å². The summed E-state index contributed by atoms with van der Waals surface area (Å²) in [7, 11) is -3.02. The monoisotopic (exact) mass is 249 g/mol. The maximum Gasteiger partial charge on any atom is 0.155 e. The molecule has 98 valence electrons. The van der Waals surface area contributed by atoms with Gasteiger partial charge in [0, 0.05) is 6.04 Å². The van der Waals surface area contributed by atoms with E-state index in [1.807, 2.05) is 6.92 Å². The van der Waals surface area contributed by atoms with Crippen molar-refractivity contribution in [3.63, 3.8) is 0 Å². The summed E-state index contributed by atoms with van der Waals surface area (Å²) in [5, 5.41) is 0. The SMILES string of the molecule is CC(C)C(CCS(=O)(=O)C(C)(C)C)C(C)N. The molecule has 0 aliphatic heterocycles. The van der Waals surface area contributed by atoms with Crippen molar-refractivity contribution in [2.45, 2.75) is 58.8 Å². The molecule has 0 aromatic carbocycles. The first kappa shape index (κ1) is 15.9. The zero-order valence-corrected chi connectivity index (χ0v) is 12.3. The highest BCUT2D eigenvalue weighted by molar-refractivity contribution is 7.92. The van der Waals surface area contributed by atoms with E-state index in [9.17, 15) is 8.42 Å². The van der Waals surface area contributed by atoms with Gasteiger partial charge in [-0.25, -0.2) is 8.42 Å². The van der Waals surface area contributed by atoms with Crippen LogP contribution in [-0.2, 0) is 9.84 Å². The van der Waals surface area contributed by atoms with Gasteiger partial charge in [0.2, 0.25) is 0 Å². The molecule has 4 heteroatoms. The molecular formula is C12H27NO2S. The Morgan fingerprint density at radius 3 is 1.81 bits per heavy atom. The molecule has 0 saturated heterocycles. The number of sulfone groups is 1. The van der Waals surface area contributed by atoms with Crippen molar-refractivity contribution in [1.29, 1.82) is 0 Å². The highest BCUT2D eigenvalue weighted by Gasteiger charge is 2.30. The molecule has 0 saturated carbocycles. The number of rotatable bonds is 5. The van der Waals surface area contributed by atoms with Crippen molar-refractivity contribution >= 4 is 9.84 Å². The summed E-state index contributed by atoms with van der Waals surface area (Å²) in [6, 6.07) is 0.0511. The van der Waals surface area contributed by atoms with Crippen LogP contribution in [0.1, 0.15) is 48.0 Å². The Hall–Kier alpha value is -0.0900. The summed E-state index contributed by atoms with van der Waals surface area (Å²) < 4.78 is 23.3. The van der Waals surface area contributed by atoms with Gasteiger partial charge in [-0.05, 0) is 46.0 Å². The van der Waals surface area contributed by atoms with E-state index in [4.69, 9.17) is 5.73 Å². The predicted octanol–water partition coefficient (Wildman–Crippen LogP) is 2.21. The molecule has 0 radical (unpaired) electrons. The lowest BCUT2D eigenvalue weighted by molar-refractivity contribution is 0.322. The summed E-state index contributed by atoms with van der Waals surface area (Å²) in [5.74, 6) is 0.938. The average Bonchev–Trinajstić information content (AvgIpc) is 1.99. The molecule has 0 rings (SSSR count). The van der Waals surface area contributed by atoms with Crippen LogP contribution in [0.4, 0.5) is 0 Å². The van der Waals surface area contributed by atoms with E-state index >= 15 is 0 Å². The Kier molecular flexibility index (Phi) is 5.47. The molecular weight excluding hydrogens is 222 g/mol. The van der Waals surface area contributed by atoms with Crippen LogP contribution in [0.15, 0.2) is 0 Å². The molecule has 0 aromatic heterocycles. The van der Waals surface area contributed by atoms with Crippen LogP contribution >= 0.6 is 0 Å². The second kappa shape index (κ2) is 5.50. The van der Waals surface area contributed by atoms with E-state index < -0.39 is 14.6 Å². The van der Waals surface area contributed by atoms with Gasteiger partial charge in [-0.2, -0.15) is 0 Å². The summed E-state index contributed by atoms with van der Waals surface area (Å²) in [6.45, 7) is 11.4. The molecule has 16 heavy (non-hydrogen) atoms. The molecule has 3 nitrogen and oxygen atoms in total. The van der Waals surface area contributed by atoms with Crippen molar-refractivity contribution in [2.24, 2.45) is 17.6 Å². The smallest absolute Gasteiger partial charge is 0.155 e. The largest absolute Gasteiger partial charge is 0.328 e. The van der Waals surface area contributed by atoms with Crippen LogP contribution in [0.5, 0.6) is 0 Å². The number of hydrogen-bond acceptors (Lipinski definition) is 3. The second-order valence-electron chi connectivity index (χ2n) is 5.99. The van der Waals surface area contributed by atoms with Gasteiger partial charge in [0.1, 0.15) is 0 Å². The molecule has 0 aliphatic rings. The van der Waals surface area contributed by atoms with Gasteiger partial charge in [-0.3, -0.25) is 0 Å². The van der Waals surface area contributed by atoms with Crippen molar-refractivity contribution in [2.75, 3.05) is 5.75 Å². The van der Waals surface area contributed by atoms with Gasteiger partial charge in [0.25, 0.3) is 0 Å². The fourth-order valence-electron chi connectivity index (χ4n) is 1.80. The number of hydrogen-bond donors (Lipinski definition) is 1. The fraction of sp³-hybridized carbons (Fsp3) is 1.00. The standard InChI is InChI=1S/C12H27NO2S/c1-9(2)11(10(3)13)7-8-16(14,15)12(4,5)6/h9-11H,7-8,13H2,1-6H3. The molecule has 0 aliphatic carbocycles. The fourth-order valence-corrected chi connectivity index (χ4v) is 3.00.